The Labute approximate surface area is 198 Å². The fraction of sp³-hybridized carbons (Fsp3) is 0.909. The van der Waals surface area contributed by atoms with Gasteiger partial charge in [0, 0.05) is 0 Å². The number of rotatable bonds is 21. The van der Waals surface area contributed by atoms with Crippen molar-refractivity contribution in [3.63, 3.8) is 0 Å². The van der Waals surface area contributed by atoms with Gasteiger partial charge in [0.05, 0.1) is 32.8 Å². The third-order valence-electron chi connectivity index (χ3n) is 4.46. The van der Waals surface area contributed by atoms with E-state index in [0.29, 0.717) is 13.2 Å². The zero-order valence-corrected chi connectivity index (χ0v) is 22.4. The van der Waals surface area contributed by atoms with Crippen LogP contribution in [0.25, 0.3) is 0 Å². The fourth-order valence-corrected chi connectivity index (χ4v) is 7.98. The lowest BCUT2D eigenvalue weighted by atomic mass is 10.2. The van der Waals surface area contributed by atoms with E-state index < -0.39 is 22.9 Å². The van der Waals surface area contributed by atoms with Crippen LogP contribution in [0.3, 0.4) is 0 Å². The number of hydrogen-bond donors (Lipinski definition) is 0. The lowest BCUT2D eigenvalue weighted by molar-refractivity contribution is -0.149. The van der Waals surface area contributed by atoms with Crippen molar-refractivity contribution >= 4 is 40.8 Å². The topological polar surface area (TPSA) is 71.1 Å². The van der Waals surface area contributed by atoms with Gasteiger partial charge < -0.3 is 18.5 Å². The lowest BCUT2D eigenvalue weighted by Crippen LogP contribution is -2.25. The van der Waals surface area contributed by atoms with E-state index in [0.717, 1.165) is 37.1 Å². The molecule has 1 atom stereocenters. The van der Waals surface area contributed by atoms with Gasteiger partial charge in [-0.15, -0.1) is 0 Å². The molecule has 0 saturated carbocycles. The normalized spacial score (nSPS) is 12.5. The van der Waals surface area contributed by atoms with E-state index in [-0.39, 0.29) is 19.6 Å². The highest BCUT2D eigenvalue weighted by Gasteiger charge is 2.33. The first-order valence-electron chi connectivity index (χ1n) is 11.8. The van der Waals surface area contributed by atoms with Crippen molar-refractivity contribution in [2.24, 2.45) is 0 Å². The molecule has 0 aliphatic carbocycles. The molecule has 0 aromatic rings. The van der Waals surface area contributed by atoms with Crippen LogP contribution in [0.5, 0.6) is 0 Å². The van der Waals surface area contributed by atoms with Gasteiger partial charge in [-0.2, -0.15) is 0 Å². The van der Waals surface area contributed by atoms with Gasteiger partial charge in [-0.25, -0.2) is 0 Å². The predicted molar refractivity (Wildman–Crippen MR) is 133 cm³/mol. The maximum atomic E-state index is 12.5. The Morgan fingerprint density at radius 1 is 0.774 bits per heavy atom. The average Bonchev–Trinajstić information content (AvgIpc) is 2.73. The van der Waals surface area contributed by atoms with E-state index in [9.17, 15) is 9.59 Å². The van der Waals surface area contributed by atoms with Gasteiger partial charge in [0.2, 0.25) is 5.69 Å². The fourth-order valence-electron chi connectivity index (χ4n) is 2.79. The Morgan fingerprint density at radius 2 is 1.26 bits per heavy atom. The maximum Gasteiger partial charge on any atom is 0.320 e. The summed E-state index contributed by atoms with van der Waals surface area (Å²) in [6.07, 6.45) is 11.0. The van der Waals surface area contributed by atoms with Crippen molar-refractivity contribution in [2.75, 3.05) is 26.4 Å². The van der Waals surface area contributed by atoms with Crippen LogP contribution in [-0.4, -0.2) is 43.6 Å². The third-order valence-corrected chi connectivity index (χ3v) is 9.90. The molecule has 184 valence electrons. The van der Waals surface area contributed by atoms with E-state index in [4.69, 9.17) is 30.3 Å². The minimum absolute atomic E-state index is 0.102. The highest BCUT2D eigenvalue weighted by molar-refractivity contribution is 8.68. The summed E-state index contributed by atoms with van der Waals surface area (Å²) < 4.78 is 22.3. The Hall–Kier alpha value is -0.140. The van der Waals surface area contributed by atoms with Crippen LogP contribution >= 0.6 is 17.1 Å². The van der Waals surface area contributed by atoms with Crippen LogP contribution in [0.2, 0.25) is 0 Å². The lowest BCUT2D eigenvalue weighted by Gasteiger charge is -2.25. The zero-order valence-electron chi connectivity index (χ0n) is 19.9. The highest BCUT2D eigenvalue weighted by atomic mass is 32.9. The smallest absolute Gasteiger partial charge is 0.320 e. The van der Waals surface area contributed by atoms with Crippen molar-refractivity contribution in [2.45, 2.75) is 104 Å². The van der Waals surface area contributed by atoms with E-state index in [1.165, 1.54) is 38.5 Å². The number of carbonyl (C=O) groups is 2. The molecule has 0 saturated heterocycles. The van der Waals surface area contributed by atoms with Crippen molar-refractivity contribution < 1.29 is 28.1 Å². The summed E-state index contributed by atoms with van der Waals surface area (Å²) in [5.41, 5.74) is -2.80. The van der Waals surface area contributed by atoms with Crippen molar-refractivity contribution in [1.29, 1.82) is 0 Å². The second-order valence-corrected chi connectivity index (χ2v) is 13.7. The number of esters is 2. The second-order valence-electron chi connectivity index (χ2n) is 7.30. The van der Waals surface area contributed by atoms with Crippen molar-refractivity contribution in [1.82, 2.24) is 0 Å². The standard InChI is InChI=1S/C22H43O6PS2/c1-5-9-11-13-15-17-27-29(30,28-18-16-14-12-10-6-2)31-20(22(24)26-8-4)19-21(23)25-7-3/h20H,5-19H2,1-4H3. The molecule has 0 bridgehead atoms. The molecule has 0 fully saturated rings. The van der Waals surface area contributed by atoms with E-state index in [1.54, 1.807) is 13.8 Å². The molecule has 0 radical (unpaired) electrons. The largest absolute Gasteiger partial charge is 0.466 e. The molecule has 0 aliphatic rings. The first-order valence-corrected chi connectivity index (χ1v) is 15.9. The first-order chi connectivity index (χ1) is 14.9. The van der Waals surface area contributed by atoms with Crippen LogP contribution < -0.4 is 0 Å². The molecule has 0 N–H and O–H groups in total. The molecule has 1 unspecified atom stereocenters. The van der Waals surface area contributed by atoms with Crippen molar-refractivity contribution in [3.8, 4) is 0 Å². The van der Waals surface area contributed by atoms with Gasteiger partial charge in [0.25, 0.3) is 0 Å². The first kappa shape index (κ1) is 30.9. The van der Waals surface area contributed by atoms with Gasteiger partial charge in [0.1, 0.15) is 5.25 Å². The summed E-state index contributed by atoms with van der Waals surface area (Å²) in [6, 6.07) is 0. The summed E-state index contributed by atoms with van der Waals surface area (Å²) in [5.74, 6) is -0.929. The maximum absolute atomic E-state index is 12.5. The molecular formula is C22H43O6PS2. The molecule has 0 aromatic heterocycles. The number of unbranched alkanes of at least 4 members (excludes halogenated alkanes) is 8. The summed E-state index contributed by atoms with van der Waals surface area (Å²) in [4.78, 5) is 24.5. The summed E-state index contributed by atoms with van der Waals surface area (Å²) >= 11 is 6.91. The van der Waals surface area contributed by atoms with Gasteiger partial charge in [-0.1, -0.05) is 76.6 Å². The second kappa shape index (κ2) is 20.5. The van der Waals surface area contributed by atoms with Gasteiger partial charge in [-0.05, 0) is 38.5 Å². The van der Waals surface area contributed by atoms with Gasteiger partial charge >= 0.3 is 11.9 Å². The Kier molecular flexibility index (Phi) is 20.4. The molecule has 0 aliphatic heterocycles. The monoisotopic (exact) mass is 498 g/mol. The summed E-state index contributed by atoms with van der Waals surface area (Å²) in [6.45, 7) is 9.32. The van der Waals surface area contributed by atoms with Crippen LogP contribution in [-0.2, 0) is 39.9 Å². The molecule has 0 aromatic carbocycles. The predicted octanol–water partition coefficient (Wildman–Crippen LogP) is 6.80. The van der Waals surface area contributed by atoms with Gasteiger partial charge in [-0.3, -0.25) is 9.59 Å². The molecule has 0 spiro atoms. The van der Waals surface area contributed by atoms with Crippen LogP contribution in [0.1, 0.15) is 98.3 Å². The SMILES string of the molecule is CCCCCCCOP(=S)(OCCCCCCC)SC(CC(=O)OCC)C(=O)OCC. The molecule has 0 amide bonds. The molecular weight excluding hydrogens is 455 g/mol. The van der Waals surface area contributed by atoms with Crippen molar-refractivity contribution in [3.05, 3.63) is 0 Å². The molecule has 6 nitrogen and oxygen atoms in total. The Balaban J connectivity index is 4.99. The average molecular weight is 499 g/mol. The minimum atomic E-state index is -2.80. The van der Waals surface area contributed by atoms with Gasteiger partial charge in [0.15, 0.2) is 0 Å². The third kappa shape index (κ3) is 17.1. The molecule has 0 rings (SSSR count). The Bertz CT molecular complexity index is 498. The van der Waals surface area contributed by atoms with E-state index >= 15 is 0 Å². The van der Waals surface area contributed by atoms with Crippen LogP contribution in [0, 0.1) is 0 Å². The zero-order chi connectivity index (χ0) is 23.4. The highest BCUT2D eigenvalue weighted by Crippen LogP contribution is 2.63. The van der Waals surface area contributed by atoms with E-state index in [1.807, 2.05) is 0 Å². The summed E-state index contributed by atoms with van der Waals surface area (Å²) in [5, 5.41) is -0.787. The van der Waals surface area contributed by atoms with Crippen LogP contribution in [0.15, 0.2) is 0 Å². The number of hydrogen-bond acceptors (Lipinski definition) is 8. The molecule has 31 heavy (non-hydrogen) atoms. The molecule has 9 heteroatoms. The Morgan fingerprint density at radius 3 is 1.71 bits per heavy atom. The van der Waals surface area contributed by atoms with E-state index in [2.05, 4.69) is 13.8 Å². The van der Waals surface area contributed by atoms with Crippen LogP contribution in [0.4, 0.5) is 0 Å². The minimum Gasteiger partial charge on any atom is -0.466 e. The molecule has 0 heterocycles. The number of carbonyl (C=O) groups excluding carboxylic acids is 2. The summed E-state index contributed by atoms with van der Waals surface area (Å²) in [7, 11) is 0. The quantitative estimate of drug-likeness (QED) is 0.0971. The number of ether oxygens (including phenoxy) is 2.